The molecule has 0 aliphatic carbocycles. The summed E-state index contributed by atoms with van der Waals surface area (Å²) in [5.74, 6) is -4.31. The minimum absolute atomic E-state index is 0.207. The predicted octanol–water partition coefficient (Wildman–Crippen LogP) is -1.17. The molecule has 94 valence electrons. The number of nitrogens with one attached hydrogen (secondary N) is 1. The molecule has 7 heteroatoms. The Morgan fingerprint density at radius 1 is 1.18 bits per heavy atom. The van der Waals surface area contributed by atoms with Crippen LogP contribution in [-0.4, -0.2) is 46.8 Å². The van der Waals surface area contributed by atoms with Crippen molar-refractivity contribution in [1.29, 1.82) is 0 Å². The SMILES string of the molecule is CC(C(=O)O)C(C)C(=O)N1CC(=O)NC(=O)C1. The Morgan fingerprint density at radius 2 is 1.65 bits per heavy atom. The van der Waals surface area contributed by atoms with Crippen molar-refractivity contribution < 1.29 is 24.3 Å². The third-order valence-corrected chi connectivity index (χ3v) is 2.79. The van der Waals surface area contributed by atoms with Gasteiger partial charge in [0.2, 0.25) is 17.7 Å². The third kappa shape index (κ3) is 3.02. The molecule has 0 aromatic carbocycles. The number of amides is 3. The van der Waals surface area contributed by atoms with Gasteiger partial charge in [0, 0.05) is 5.92 Å². The average molecular weight is 242 g/mol. The highest BCUT2D eigenvalue weighted by atomic mass is 16.4. The summed E-state index contributed by atoms with van der Waals surface area (Å²) in [5, 5.41) is 10.9. The van der Waals surface area contributed by atoms with Crippen molar-refractivity contribution in [2.75, 3.05) is 13.1 Å². The molecule has 0 aromatic rings. The minimum Gasteiger partial charge on any atom is -0.481 e. The van der Waals surface area contributed by atoms with Crippen LogP contribution in [0.1, 0.15) is 13.8 Å². The standard InChI is InChI=1S/C10H14N2O5/c1-5(6(2)10(16)17)9(15)12-3-7(13)11-8(14)4-12/h5-6H,3-4H2,1-2H3,(H,16,17)(H,11,13,14). The maximum absolute atomic E-state index is 11.9. The van der Waals surface area contributed by atoms with Gasteiger partial charge in [0.05, 0.1) is 5.92 Å². The summed E-state index contributed by atoms with van der Waals surface area (Å²) in [6.45, 7) is 2.47. The number of carboxylic acid groups (broad SMARTS) is 1. The molecule has 2 atom stereocenters. The van der Waals surface area contributed by atoms with E-state index < -0.39 is 35.5 Å². The number of carbonyl (C=O) groups is 4. The Labute approximate surface area is 97.8 Å². The first-order valence-corrected chi connectivity index (χ1v) is 5.17. The number of carboxylic acids is 1. The zero-order valence-corrected chi connectivity index (χ0v) is 9.60. The van der Waals surface area contributed by atoms with E-state index >= 15 is 0 Å². The number of hydrogen-bond acceptors (Lipinski definition) is 4. The molecule has 1 saturated heterocycles. The molecule has 2 N–H and O–H groups in total. The fourth-order valence-electron chi connectivity index (χ4n) is 1.51. The summed E-state index contributed by atoms with van der Waals surface area (Å²) in [4.78, 5) is 45.8. The monoisotopic (exact) mass is 242 g/mol. The number of imide groups is 1. The van der Waals surface area contributed by atoms with Crippen LogP contribution in [-0.2, 0) is 19.2 Å². The smallest absolute Gasteiger partial charge is 0.307 e. The van der Waals surface area contributed by atoms with E-state index in [1.165, 1.54) is 13.8 Å². The third-order valence-electron chi connectivity index (χ3n) is 2.79. The average Bonchev–Trinajstić information content (AvgIpc) is 2.24. The van der Waals surface area contributed by atoms with E-state index in [-0.39, 0.29) is 13.1 Å². The molecule has 1 aliphatic rings. The molecular formula is C10H14N2O5. The molecule has 3 amide bonds. The number of nitrogens with zero attached hydrogens (tertiary/aromatic N) is 1. The van der Waals surface area contributed by atoms with Crippen molar-refractivity contribution in [3.63, 3.8) is 0 Å². The van der Waals surface area contributed by atoms with Gasteiger partial charge in [-0.25, -0.2) is 0 Å². The van der Waals surface area contributed by atoms with Gasteiger partial charge in [0.25, 0.3) is 0 Å². The second-order valence-corrected chi connectivity index (χ2v) is 4.08. The van der Waals surface area contributed by atoms with Gasteiger partial charge < -0.3 is 10.0 Å². The van der Waals surface area contributed by atoms with E-state index in [0.717, 1.165) is 4.90 Å². The lowest BCUT2D eigenvalue weighted by atomic mass is 9.94. The first-order valence-electron chi connectivity index (χ1n) is 5.17. The van der Waals surface area contributed by atoms with E-state index in [9.17, 15) is 19.2 Å². The summed E-state index contributed by atoms with van der Waals surface area (Å²) in [6.07, 6.45) is 0. The molecule has 1 aliphatic heterocycles. The van der Waals surface area contributed by atoms with Gasteiger partial charge in [0.15, 0.2) is 0 Å². The lowest BCUT2D eigenvalue weighted by molar-refractivity contribution is -0.152. The van der Waals surface area contributed by atoms with Gasteiger partial charge in [-0.1, -0.05) is 13.8 Å². The van der Waals surface area contributed by atoms with Crippen LogP contribution in [0, 0.1) is 11.8 Å². The van der Waals surface area contributed by atoms with Crippen molar-refractivity contribution in [2.45, 2.75) is 13.8 Å². The zero-order chi connectivity index (χ0) is 13.2. The van der Waals surface area contributed by atoms with Crippen LogP contribution in [0.4, 0.5) is 0 Å². The lowest BCUT2D eigenvalue weighted by Gasteiger charge is -2.29. The lowest BCUT2D eigenvalue weighted by Crippen LogP contribution is -2.55. The van der Waals surface area contributed by atoms with Crippen LogP contribution in [0.15, 0.2) is 0 Å². The first-order chi connectivity index (χ1) is 7.82. The van der Waals surface area contributed by atoms with E-state index in [1.54, 1.807) is 0 Å². The van der Waals surface area contributed by atoms with Crippen molar-refractivity contribution in [1.82, 2.24) is 10.2 Å². The van der Waals surface area contributed by atoms with E-state index in [0.29, 0.717) is 0 Å². The van der Waals surface area contributed by atoms with Gasteiger partial charge in [-0.05, 0) is 0 Å². The molecule has 0 radical (unpaired) electrons. The molecule has 17 heavy (non-hydrogen) atoms. The summed E-state index contributed by atoms with van der Waals surface area (Å²) in [7, 11) is 0. The van der Waals surface area contributed by atoms with Crippen molar-refractivity contribution >= 4 is 23.7 Å². The van der Waals surface area contributed by atoms with Crippen LogP contribution in [0.5, 0.6) is 0 Å². The summed E-state index contributed by atoms with van der Waals surface area (Å²) in [5.41, 5.74) is 0. The second kappa shape index (κ2) is 4.94. The number of carbonyl (C=O) groups excluding carboxylic acids is 3. The Kier molecular flexibility index (Phi) is 3.82. The van der Waals surface area contributed by atoms with Crippen LogP contribution in [0.3, 0.4) is 0 Å². The summed E-state index contributed by atoms with van der Waals surface area (Å²) in [6, 6.07) is 0. The molecule has 1 rings (SSSR count). The Morgan fingerprint density at radius 3 is 2.06 bits per heavy atom. The zero-order valence-electron chi connectivity index (χ0n) is 9.60. The second-order valence-electron chi connectivity index (χ2n) is 4.08. The highest BCUT2D eigenvalue weighted by Gasteiger charge is 2.33. The van der Waals surface area contributed by atoms with E-state index in [1.807, 2.05) is 0 Å². The summed E-state index contributed by atoms with van der Waals surface area (Å²) >= 11 is 0. The molecule has 0 saturated carbocycles. The molecule has 0 bridgehead atoms. The molecule has 0 aromatic heterocycles. The van der Waals surface area contributed by atoms with E-state index in [2.05, 4.69) is 5.32 Å². The van der Waals surface area contributed by atoms with Gasteiger partial charge in [-0.15, -0.1) is 0 Å². The van der Waals surface area contributed by atoms with Crippen LogP contribution in [0.25, 0.3) is 0 Å². The maximum atomic E-state index is 11.9. The van der Waals surface area contributed by atoms with Crippen molar-refractivity contribution in [3.05, 3.63) is 0 Å². The predicted molar refractivity (Wildman–Crippen MR) is 55.7 cm³/mol. The summed E-state index contributed by atoms with van der Waals surface area (Å²) < 4.78 is 0. The number of aliphatic carboxylic acids is 1. The number of hydrogen-bond donors (Lipinski definition) is 2. The highest BCUT2D eigenvalue weighted by Crippen LogP contribution is 2.15. The molecule has 2 unspecified atom stereocenters. The fourth-order valence-corrected chi connectivity index (χ4v) is 1.51. The quantitative estimate of drug-likeness (QED) is 0.607. The maximum Gasteiger partial charge on any atom is 0.307 e. The van der Waals surface area contributed by atoms with Crippen LogP contribution >= 0.6 is 0 Å². The van der Waals surface area contributed by atoms with Crippen LogP contribution < -0.4 is 5.32 Å². The van der Waals surface area contributed by atoms with Crippen molar-refractivity contribution in [2.24, 2.45) is 11.8 Å². The molecule has 1 heterocycles. The van der Waals surface area contributed by atoms with Gasteiger partial charge in [0.1, 0.15) is 13.1 Å². The van der Waals surface area contributed by atoms with E-state index in [4.69, 9.17) is 5.11 Å². The van der Waals surface area contributed by atoms with Gasteiger partial charge >= 0.3 is 5.97 Å². The highest BCUT2D eigenvalue weighted by molar-refractivity contribution is 6.03. The van der Waals surface area contributed by atoms with Crippen molar-refractivity contribution in [3.8, 4) is 0 Å². The largest absolute Gasteiger partial charge is 0.481 e. The normalized spacial score (nSPS) is 19.5. The molecule has 1 fully saturated rings. The number of rotatable bonds is 3. The molecule has 7 nitrogen and oxygen atoms in total. The first kappa shape index (κ1) is 13.1. The topological polar surface area (TPSA) is 104 Å². The van der Waals surface area contributed by atoms with Gasteiger partial charge in [-0.2, -0.15) is 0 Å². The molecular weight excluding hydrogens is 228 g/mol. The van der Waals surface area contributed by atoms with Crippen LogP contribution in [0.2, 0.25) is 0 Å². The Hall–Kier alpha value is -1.92. The minimum atomic E-state index is -1.08. The van der Waals surface area contributed by atoms with Gasteiger partial charge in [-0.3, -0.25) is 24.5 Å². The number of piperazine rings is 1. The Balaban J connectivity index is 2.72. The Bertz CT molecular complexity index is 363. The fraction of sp³-hybridized carbons (Fsp3) is 0.600. The molecule has 0 spiro atoms.